The van der Waals surface area contributed by atoms with Crippen molar-refractivity contribution < 1.29 is 14.0 Å². The number of aryl methyl sites for hydroxylation is 1. The van der Waals surface area contributed by atoms with E-state index in [0.29, 0.717) is 0 Å². The number of halogens is 2. The summed E-state index contributed by atoms with van der Waals surface area (Å²) in [4.78, 5) is 24.0. The van der Waals surface area contributed by atoms with Crippen molar-refractivity contribution in [1.29, 1.82) is 0 Å². The molecule has 0 amide bonds. The first-order chi connectivity index (χ1) is 9.00. The number of carbonyl (C=O) groups excluding carboxylic acids is 2. The van der Waals surface area contributed by atoms with Crippen LogP contribution in [-0.4, -0.2) is 11.6 Å². The van der Waals surface area contributed by atoms with Crippen LogP contribution in [0.15, 0.2) is 42.5 Å². The topological polar surface area (TPSA) is 34.1 Å². The first-order valence-corrected chi connectivity index (χ1v) is 5.98. The maximum Gasteiger partial charge on any atom is 0.236 e. The van der Waals surface area contributed by atoms with E-state index in [9.17, 15) is 14.0 Å². The van der Waals surface area contributed by atoms with Crippen molar-refractivity contribution in [1.82, 2.24) is 0 Å². The predicted molar refractivity (Wildman–Crippen MR) is 71.3 cm³/mol. The fraction of sp³-hybridized carbons (Fsp3) is 0.0667. The first kappa shape index (κ1) is 13.4. The highest BCUT2D eigenvalue weighted by molar-refractivity contribution is 6.51. The lowest BCUT2D eigenvalue weighted by atomic mass is 10.0. The Morgan fingerprint density at radius 3 is 2.26 bits per heavy atom. The second-order valence-electron chi connectivity index (χ2n) is 4.12. The van der Waals surface area contributed by atoms with Crippen LogP contribution in [0.2, 0.25) is 5.02 Å². The molecule has 2 aromatic carbocycles. The van der Waals surface area contributed by atoms with Crippen molar-refractivity contribution in [3.8, 4) is 0 Å². The van der Waals surface area contributed by atoms with Gasteiger partial charge >= 0.3 is 0 Å². The summed E-state index contributed by atoms with van der Waals surface area (Å²) >= 11 is 5.93. The summed E-state index contributed by atoms with van der Waals surface area (Å²) in [6, 6.07) is 10.1. The molecule has 4 heteroatoms. The van der Waals surface area contributed by atoms with Gasteiger partial charge in [0.05, 0.1) is 10.6 Å². The van der Waals surface area contributed by atoms with E-state index in [4.69, 9.17) is 11.6 Å². The highest BCUT2D eigenvalue weighted by atomic mass is 35.5. The zero-order chi connectivity index (χ0) is 14.0. The average Bonchev–Trinajstić information content (AvgIpc) is 2.38. The Morgan fingerprint density at radius 2 is 1.63 bits per heavy atom. The molecule has 2 rings (SSSR count). The number of ketones is 2. The van der Waals surface area contributed by atoms with E-state index in [0.717, 1.165) is 11.6 Å². The van der Waals surface area contributed by atoms with Gasteiger partial charge in [0.2, 0.25) is 11.6 Å². The standard InChI is InChI=1S/C15H10ClFO2/c1-9-6-7-10(12(16)8-9)14(18)15(19)11-4-2-3-5-13(11)17/h2-8H,1H3. The Balaban J connectivity index is 2.40. The number of hydrogen-bond acceptors (Lipinski definition) is 2. The number of rotatable bonds is 3. The normalized spacial score (nSPS) is 10.3. The van der Waals surface area contributed by atoms with Crippen LogP contribution in [0, 0.1) is 12.7 Å². The van der Waals surface area contributed by atoms with Crippen molar-refractivity contribution >= 4 is 23.2 Å². The minimum atomic E-state index is -0.899. The Kier molecular flexibility index (Phi) is 3.76. The van der Waals surface area contributed by atoms with Crippen molar-refractivity contribution in [3.05, 3.63) is 70.0 Å². The smallest absolute Gasteiger partial charge is 0.236 e. The predicted octanol–water partition coefficient (Wildman–Crippen LogP) is 3.85. The van der Waals surface area contributed by atoms with Crippen LogP contribution in [0.25, 0.3) is 0 Å². The van der Waals surface area contributed by atoms with E-state index in [-0.39, 0.29) is 16.1 Å². The molecular formula is C15H10ClFO2. The zero-order valence-electron chi connectivity index (χ0n) is 10.1. The fourth-order valence-electron chi connectivity index (χ4n) is 1.69. The summed E-state index contributed by atoms with van der Waals surface area (Å²) in [5.41, 5.74) is 0.713. The molecule has 0 spiro atoms. The Bertz CT molecular complexity index is 665. The van der Waals surface area contributed by atoms with Crippen LogP contribution in [0.3, 0.4) is 0 Å². The summed E-state index contributed by atoms with van der Waals surface area (Å²) in [5, 5.41) is 0.190. The number of benzene rings is 2. The summed E-state index contributed by atoms with van der Waals surface area (Å²) in [6.45, 7) is 1.82. The lowest BCUT2D eigenvalue weighted by molar-refractivity contribution is 0.0814. The van der Waals surface area contributed by atoms with Gasteiger partial charge in [-0.25, -0.2) is 4.39 Å². The van der Waals surface area contributed by atoms with Gasteiger partial charge < -0.3 is 0 Å². The van der Waals surface area contributed by atoms with Gasteiger partial charge in [-0.1, -0.05) is 29.8 Å². The minimum Gasteiger partial charge on any atom is -0.285 e. The van der Waals surface area contributed by atoms with Gasteiger partial charge in [-0.05, 0) is 36.8 Å². The SMILES string of the molecule is Cc1ccc(C(=O)C(=O)c2ccccc2F)c(Cl)c1. The molecule has 0 saturated carbocycles. The second kappa shape index (κ2) is 5.33. The first-order valence-electron chi connectivity index (χ1n) is 5.60. The lowest BCUT2D eigenvalue weighted by Gasteiger charge is -2.04. The summed E-state index contributed by atoms with van der Waals surface area (Å²) < 4.78 is 13.5. The van der Waals surface area contributed by atoms with Gasteiger partial charge in [-0.15, -0.1) is 0 Å². The number of hydrogen-bond donors (Lipinski definition) is 0. The molecule has 19 heavy (non-hydrogen) atoms. The van der Waals surface area contributed by atoms with Gasteiger partial charge in [0.15, 0.2) is 0 Å². The molecular weight excluding hydrogens is 267 g/mol. The van der Waals surface area contributed by atoms with Gasteiger partial charge in [-0.3, -0.25) is 9.59 Å². The number of Topliss-reactive ketones (excluding diaryl/α,β-unsaturated/α-hetero) is 2. The largest absolute Gasteiger partial charge is 0.285 e. The molecule has 0 radical (unpaired) electrons. The Hall–Kier alpha value is -2.00. The van der Waals surface area contributed by atoms with Crippen LogP contribution in [0.5, 0.6) is 0 Å². The molecule has 96 valence electrons. The third-order valence-corrected chi connectivity index (χ3v) is 3.01. The molecule has 0 N–H and O–H groups in total. The maximum atomic E-state index is 13.5. The third-order valence-electron chi connectivity index (χ3n) is 2.69. The van der Waals surface area contributed by atoms with Crippen LogP contribution in [-0.2, 0) is 0 Å². The second-order valence-corrected chi connectivity index (χ2v) is 4.53. The Morgan fingerprint density at radius 1 is 1.00 bits per heavy atom. The molecule has 0 heterocycles. The fourth-order valence-corrected chi connectivity index (χ4v) is 2.02. The van der Waals surface area contributed by atoms with Crippen molar-refractivity contribution in [3.63, 3.8) is 0 Å². The monoisotopic (exact) mass is 276 g/mol. The van der Waals surface area contributed by atoms with Crippen LogP contribution >= 0.6 is 11.6 Å². The molecule has 2 nitrogen and oxygen atoms in total. The molecule has 0 aliphatic rings. The third kappa shape index (κ3) is 2.71. The van der Waals surface area contributed by atoms with Gasteiger partial charge in [0.25, 0.3) is 0 Å². The van der Waals surface area contributed by atoms with E-state index in [1.807, 2.05) is 6.92 Å². The van der Waals surface area contributed by atoms with Crippen molar-refractivity contribution in [2.75, 3.05) is 0 Å². The Labute approximate surface area is 114 Å². The minimum absolute atomic E-state index is 0.0838. The van der Waals surface area contributed by atoms with Gasteiger partial charge in [0.1, 0.15) is 5.82 Å². The van der Waals surface area contributed by atoms with Gasteiger partial charge in [0, 0.05) is 5.56 Å². The summed E-state index contributed by atoms with van der Waals surface area (Å²) in [6.07, 6.45) is 0. The molecule has 0 saturated heterocycles. The lowest BCUT2D eigenvalue weighted by Crippen LogP contribution is -2.16. The van der Waals surface area contributed by atoms with Crippen molar-refractivity contribution in [2.24, 2.45) is 0 Å². The van der Waals surface area contributed by atoms with Gasteiger partial charge in [-0.2, -0.15) is 0 Å². The van der Waals surface area contributed by atoms with E-state index < -0.39 is 17.4 Å². The molecule has 0 unspecified atom stereocenters. The quantitative estimate of drug-likeness (QED) is 0.630. The molecule has 0 fully saturated rings. The summed E-state index contributed by atoms with van der Waals surface area (Å²) in [5.74, 6) is -2.43. The van der Waals surface area contributed by atoms with E-state index in [1.165, 1.54) is 24.3 Å². The molecule has 0 aromatic heterocycles. The molecule has 2 aromatic rings. The number of carbonyl (C=O) groups is 2. The van der Waals surface area contributed by atoms with Crippen molar-refractivity contribution in [2.45, 2.75) is 6.92 Å². The maximum absolute atomic E-state index is 13.5. The van der Waals surface area contributed by atoms with E-state index in [1.54, 1.807) is 12.1 Å². The highest BCUT2D eigenvalue weighted by Gasteiger charge is 2.22. The average molecular weight is 277 g/mol. The molecule has 0 aliphatic carbocycles. The van der Waals surface area contributed by atoms with Crippen LogP contribution < -0.4 is 0 Å². The zero-order valence-corrected chi connectivity index (χ0v) is 10.9. The van der Waals surface area contributed by atoms with Crippen LogP contribution in [0.4, 0.5) is 4.39 Å². The molecule has 0 aliphatic heterocycles. The molecule has 0 atom stereocenters. The van der Waals surface area contributed by atoms with E-state index in [2.05, 4.69) is 0 Å². The summed E-state index contributed by atoms with van der Waals surface area (Å²) in [7, 11) is 0. The molecule has 0 bridgehead atoms. The highest BCUT2D eigenvalue weighted by Crippen LogP contribution is 2.20. The van der Waals surface area contributed by atoms with E-state index >= 15 is 0 Å². The van der Waals surface area contributed by atoms with Crippen LogP contribution in [0.1, 0.15) is 26.3 Å².